The van der Waals surface area contributed by atoms with Gasteiger partial charge in [0.15, 0.2) is 0 Å². The number of rotatable bonds is 3. The summed E-state index contributed by atoms with van der Waals surface area (Å²) in [6.45, 7) is 5.34. The quantitative estimate of drug-likeness (QED) is 0.742. The van der Waals surface area contributed by atoms with E-state index in [-0.39, 0.29) is 24.3 Å². The Bertz CT molecular complexity index is 326. The third kappa shape index (κ3) is 2.60. The molecule has 0 bridgehead atoms. The molecule has 2 amide bonds. The number of hydrogen-bond acceptors (Lipinski definition) is 3. The van der Waals surface area contributed by atoms with Gasteiger partial charge < -0.3 is 15.5 Å². The normalized spacial score (nSPS) is 23.2. The summed E-state index contributed by atoms with van der Waals surface area (Å²) >= 11 is 0. The first-order valence-corrected chi connectivity index (χ1v) is 6.34. The van der Waals surface area contributed by atoms with Crippen molar-refractivity contribution in [2.75, 3.05) is 19.6 Å². The predicted molar refractivity (Wildman–Crippen MR) is 64.1 cm³/mol. The van der Waals surface area contributed by atoms with E-state index in [1.165, 1.54) is 0 Å². The molecule has 2 fully saturated rings. The van der Waals surface area contributed by atoms with E-state index in [2.05, 4.69) is 0 Å². The SMILES string of the molecule is CC(C)C(N)C(=O)N1CCN(C2CC2)C(=O)C1. The molecule has 1 saturated heterocycles. The Kier molecular flexibility index (Phi) is 3.38. The summed E-state index contributed by atoms with van der Waals surface area (Å²) in [7, 11) is 0. The van der Waals surface area contributed by atoms with Crippen molar-refractivity contribution in [1.82, 2.24) is 9.80 Å². The standard InChI is InChI=1S/C12H21N3O2/c1-8(2)11(13)12(17)14-5-6-15(9-3-4-9)10(16)7-14/h8-9,11H,3-7,13H2,1-2H3. The Hall–Kier alpha value is -1.10. The van der Waals surface area contributed by atoms with E-state index in [9.17, 15) is 9.59 Å². The smallest absolute Gasteiger partial charge is 0.242 e. The van der Waals surface area contributed by atoms with Gasteiger partial charge in [0.1, 0.15) is 0 Å². The fourth-order valence-corrected chi connectivity index (χ4v) is 2.14. The Labute approximate surface area is 102 Å². The van der Waals surface area contributed by atoms with Crippen LogP contribution in [0.15, 0.2) is 0 Å². The molecule has 1 aliphatic heterocycles. The molecule has 1 unspecified atom stereocenters. The number of amides is 2. The van der Waals surface area contributed by atoms with Crippen LogP contribution in [-0.2, 0) is 9.59 Å². The second-order valence-electron chi connectivity index (χ2n) is 5.35. The number of nitrogens with zero attached hydrogens (tertiary/aromatic N) is 2. The average molecular weight is 239 g/mol. The van der Waals surface area contributed by atoms with E-state index in [4.69, 9.17) is 5.73 Å². The molecule has 0 aromatic carbocycles. The molecule has 0 aromatic heterocycles. The zero-order valence-electron chi connectivity index (χ0n) is 10.6. The lowest BCUT2D eigenvalue weighted by Gasteiger charge is -2.36. The Balaban J connectivity index is 1.92. The molecule has 1 saturated carbocycles. The molecule has 1 atom stereocenters. The highest BCUT2D eigenvalue weighted by atomic mass is 16.2. The lowest BCUT2D eigenvalue weighted by molar-refractivity contribution is -0.146. The zero-order valence-corrected chi connectivity index (χ0v) is 10.6. The molecule has 5 heteroatoms. The number of nitrogens with two attached hydrogens (primary N) is 1. The third-order valence-corrected chi connectivity index (χ3v) is 3.56. The lowest BCUT2D eigenvalue weighted by Crippen LogP contribution is -2.57. The summed E-state index contributed by atoms with van der Waals surface area (Å²) in [6, 6.07) is -0.0474. The van der Waals surface area contributed by atoms with Crippen LogP contribution in [0.3, 0.4) is 0 Å². The number of piperazine rings is 1. The second kappa shape index (κ2) is 4.64. The molecule has 1 heterocycles. The van der Waals surface area contributed by atoms with Gasteiger partial charge in [-0.2, -0.15) is 0 Å². The maximum Gasteiger partial charge on any atom is 0.242 e. The highest BCUT2D eigenvalue weighted by Crippen LogP contribution is 2.28. The Morgan fingerprint density at radius 1 is 1.35 bits per heavy atom. The van der Waals surface area contributed by atoms with Crippen LogP contribution in [0.5, 0.6) is 0 Å². The van der Waals surface area contributed by atoms with Gasteiger partial charge in [0.25, 0.3) is 0 Å². The molecule has 96 valence electrons. The first-order valence-electron chi connectivity index (χ1n) is 6.34. The van der Waals surface area contributed by atoms with E-state index in [1.807, 2.05) is 18.7 Å². The second-order valence-corrected chi connectivity index (χ2v) is 5.35. The summed E-state index contributed by atoms with van der Waals surface area (Å²) in [5.74, 6) is 0.0888. The van der Waals surface area contributed by atoms with Crippen molar-refractivity contribution in [3.05, 3.63) is 0 Å². The average Bonchev–Trinajstić information content (AvgIpc) is 3.10. The minimum atomic E-state index is -0.490. The van der Waals surface area contributed by atoms with Gasteiger partial charge in [-0.3, -0.25) is 9.59 Å². The highest BCUT2D eigenvalue weighted by molar-refractivity contribution is 5.88. The van der Waals surface area contributed by atoms with E-state index in [0.717, 1.165) is 12.8 Å². The minimum Gasteiger partial charge on any atom is -0.336 e. The molecule has 1 aliphatic carbocycles. The van der Waals surface area contributed by atoms with Crippen LogP contribution in [0.4, 0.5) is 0 Å². The van der Waals surface area contributed by atoms with Crippen LogP contribution < -0.4 is 5.73 Å². The van der Waals surface area contributed by atoms with Crippen molar-refractivity contribution in [2.24, 2.45) is 11.7 Å². The predicted octanol–water partition coefficient (Wildman–Crippen LogP) is -0.197. The van der Waals surface area contributed by atoms with Gasteiger partial charge in [-0.25, -0.2) is 0 Å². The van der Waals surface area contributed by atoms with Crippen molar-refractivity contribution in [2.45, 2.75) is 38.8 Å². The van der Waals surface area contributed by atoms with Crippen LogP contribution in [0.25, 0.3) is 0 Å². The van der Waals surface area contributed by atoms with Crippen LogP contribution in [-0.4, -0.2) is 53.3 Å². The van der Waals surface area contributed by atoms with Gasteiger partial charge in [-0.15, -0.1) is 0 Å². The van der Waals surface area contributed by atoms with Gasteiger partial charge in [-0.1, -0.05) is 13.8 Å². The third-order valence-electron chi connectivity index (χ3n) is 3.56. The summed E-state index contributed by atoms with van der Waals surface area (Å²) < 4.78 is 0. The van der Waals surface area contributed by atoms with Crippen molar-refractivity contribution in [1.29, 1.82) is 0 Å². The van der Waals surface area contributed by atoms with E-state index < -0.39 is 6.04 Å². The topological polar surface area (TPSA) is 66.6 Å². The van der Waals surface area contributed by atoms with Crippen LogP contribution >= 0.6 is 0 Å². The van der Waals surface area contributed by atoms with E-state index in [1.54, 1.807) is 4.90 Å². The number of hydrogen-bond donors (Lipinski definition) is 1. The van der Waals surface area contributed by atoms with Crippen molar-refractivity contribution >= 4 is 11.8 Å². The minimum absolute atomic E-state index is 0.0723. The maximum absolute atomic E-state index is 12.0. The molecule has 0 aromatic rings. The fourth-order valence-electron chi connectivity index (χ4n) is 2.14. The van der Waals surface area contributed by atoms with E-state index >= 15 is 0 Å². The monoisotopic (exact) mass is 239 g/mol. The van der Waals surface area contributed by atoms with Crippen LogP contribution in [0.2, 0.25) is 0 Å². The van der Waals surface area contributed by atoms with Crippen molar-refractivity contribution in [3.8, 4) is 0 Å². The highest BCUT2D eigenvalue weighted by Gasteiger charge is 2.37. The molecule has 2 N–H and O–H groups in total. The first-order chi connectivity index (χ1) is 8.00. The van der Waals surface area contributed by atoms with Crippen molar-refractivity contribution < 1.29 is 9.59 Å². The van der Waals surface area contributed by atoms with Gasteiger partial charge >= 0.3 is 0 Å². The summed E-state index contributed by atoms with van der Waals surface area (Å²) in [5.41, 5.74) is 5.83. The van der Waals surface area contributed by atoms with Crippen molar-refractivity contribution in [3.63, 3.8) is 0 Å². The van der Waals surface area contributed by atoms with Gasteiger partial charge in [-0.05, 0) is 18.8 Å². The molecule has 17 heavy (non-hydrogen) atoms. The maximum atomic E-state index is 12.0. The molecule has 0 radical (unpaired) electrons. The van der Waals surface area contributed by atoms with Gasteiger partial charge in [0.2, 0.25) is 11.8 Å². The Morgan fingerprint density at radius 3 is 2.47 bits per heavy atom. The number of carbonyl (C=O) groups excluding carboxylic acids is 2. The molecular formula is C12H21N3O2. The fraction of sp³-hybridized carbons (Fsp3) is 0.833. The largest absolute Gasteiger partial charge is 0.336 e. The summed E-state index contributed by atoms with van der Waals surface area (Å²) in [5, 5.41) is 0. The van der Waals surface area contributed by atoms with Gasteiger partial charge in [0, 0.05) is 19.1 Å². The summed E-state index contributed by atoms with van der Waals surface area (Å²) in [6.07, 6.45) is 2.23. The summed E-state index contributed by atoms with van der Waals surface area (Å²) in [4.78, 5) is 27.4. The lowest BCUT2D eigenvalue weighted by atomic mass is 10.0. The van der Waals surface area contributed by atoms with Crippen LogP contribution in [0.1, 0.15) is 26.7 Å². The number of carbonyl (C=O) groups is 2. The first kappa shape index (κ1) is 12.4. The molecule has 2 aliphatic rings. The van der Waals surface area contributed by atoms with E-state index in [0.29, 0.717) is 19.1 Å². The molecular weight excluding hydrogens is 218 g/mol. The Morgan fingerprint density at radius 2 is 2.00 bits per heavy atom. The zero-order chi connectivity index (χ0) is 12.6. The molecule has 0 spiro atoms. The van der Waals surface area contributed by atoms with Gasteiger partial charge in [0.05, 0.1) is 12.6 Å². The molecule has 5 nitrogen and oxygen atoms in total. The molecule has 2 rings (SSSR count). The van der Waals surface area contributed by atoms with Crippen LogP contribution in [0, 0.1) is 5.92 Å².